The molecule has 1 aliphatic heterocycles. The monoisotopic (exact) mass is 274 g/mol. The van der Waals surface area contributed by atoms with Gasteiger partial charge in [-0.1, -0.05) is 19.9 Å². The van der Waals surface area contributed by atoms with Crippen molar-refractivity contribution >= 4 is 5.69 Å². The average molecular weight is 274 g/mol. The van der Waals surface area contributed by atoms with Crippen molar-refractivity contribution in [2.45, 2.75) is 25.7 Å². The summed E-state index contributed by atoms with van der Waals surface area (Å²) in [6.07, 6.45) is 2.19. The molecule has 0 atom stereocenters. The van der Waals surface area contributed by atoms with Crippen molar-refractivity contribution in [1.29, 1.82) is 0 Å². The van der Waals surface area contributed by atoms with Gasteiger partial charge in [0.15, 0.2) is 0 Å². The smallest absolute Gasteiger partial charge is 0.129 e. The molecule has 0 unspecified atom stereocenters. The molecule has 0 saturated carbocycles. The van der Waals surface area contributed by atoms with Gasteiger partial charge in [-0.05, 0) is 23.3 Å². The van der Waals surface area contributed by atoms with Crippen molar-refractivity contribution in [2.24, 2.45) is 0 Å². The van der Waals surface area contributed by atoms with Crippen molar-refractivity contribution in [3.63, 3.8) is 0 Å². The van der Waals surface area contributed by atoms with E-state index in [1.165, 1.54) is 12.1 Å². The number of anilines is 1. The molecule has 104 valence electrons. The van der Waals surface area contributed by atoms with Crippen LogP contribution in [-0.4, -0.2) is 11.5 Å². The molecule has 20 heavy (non-hydrogen) atoms. The van der Waals surface area contributed by atoms with E-state index in [1.54, 1.807) is 6.20 Å². The number of fused-ring (bicyclic) bond motifs is 1. The summed E-state index contributed by atoms with van der Waals surface area (Å²) in [5, 5.41) is 3.32. The Kier molecular flexibility index (Phi) is 2.96. The lowest BCUT2D eigenvalue weighted by Crippen LogP contribution is -2.20. The number of nitrogens with zero attached hydrogens (tertiary/aromatic N) is 1. The van der Waals surface area contributed by atoms with E-state index in [0.717, 1.165) is 29.6 Å². The van der Waals surface area contributed by atoms with Gasteiger partial charge in [0.05, 0.1) is 11.4 Å². The normalized spacial score (nSPS) is 15.8. The minimum Gasteiger partial charge on any atom is -0.383 e. The van der Waals surface area contributed by atoms with Gasteiger partial charge >= 0.3 is 0 Å². The average Bonchev–Trinajstić information content (AvgIpc) is 2.69. The van der Waals surface area contributed by atoms with Crippen LogP contribution in [0.15, 0.2) is 30.5 Å². The standard InChI is InChI=1S/C16H16F2N2/c1-16(2)9-20-14-6-10(8-19-15(14)16)5-11-3-4-12(17)7-13(11)18/h3-4,6-8,20H,5,9H2,1-2H3. The van der Waals surface area contributed by atoms with Gasteiger partial charge < -0.3 is 5.32 Å². The Morgan fingerprint density at radius 3 is 2.80 bits per heavy atom. The van der Waals surface area contributed by atoms with E-state index in [-0.39, 0.29) is 5.41 Å². The van der Waals surface area contributed by atoms with Crippen molar-refractivity contribution in [3.8, 4) is 0 Å². The first kappa shape index (κ1) is 13.0. The highest BCUT2D eigenvalue weighted by atomic mass is 19.1. The van der Waals surface area contributed by atoms with Crippen LogP contribution in [0.5, 0.6) is 0 Å². The lowest BCUT2D eigenvalue weighted by molar-refractivity contribution is 0.568. The second kappa shape index (κ2) is 4.54. The summed E-state index contributed by atoms with van der Waals surface area (Å²) in [6, 6.07) is 5.67. The highest BCUT2D eigenvalue weighted by molar-refractivity contribution is 5.58. The van der Waals surface area contributed by atoms with Gasteiger partial charge in [-0.3, -0.25) is 4.98 Å². The van der Waals surface area contributed by atoms with Crippen LogP contribution in [0.4, 0.5) is 14.5 Å². The topological polar surface area (TPSA) is 24.9 Å². The quantitative estimate of drug-likeness (QED) is 0.904. The van der Waals surface area contributed by atoms with Gasteiger partial charge in [-0.2, -0.15) is 0 Å². The molecule has 0 saturated heterocycles. The Bertz CT molecular complexity index is 666. The van der Waals surface area contributed by atoms with Gasteiger partial charge in [0, 0.05) is 30.6 Å². The molecule has 0 fully saturated rings. The molecule has 2 aromatic rings. The third kappa shape index (κ3) is 2.26. The van der Waals surface area contributed by atoms with E-state index in [1.807, 2.05) is 6.07 Å². The zero-order chi connectivity index (χ0) is 14.3. The second-order valence-corrected chi connectivity index (χ2v) is 5.89. The number of rotatable bonds is 2. The minimum absolute atomic E-state index is 0.0228. The number of hydrogen-bond donors (Lipinski definition) is 1. The second-order valence-electron chi connectivity index (χ2n) is 5.89. The molecule has 0 bridgehead atoms. The van der Waals surface area contributed by atoms with E-state index in [4.69, 9.17) is 0 Å². The number of benzene rings is 1. The zero-order valence-electron chi connectivity index (χ0n) is 11.5. The molecule has 0 amide bonds. The van der Waals surface area contributed by atoms with E-state index in [2.05, 4.69) is 24.1 Å². The Morgan fingerprint density at radius 2 is 2.05 bits per heavy atom. The van der Waals surface area contributed by atoms with Crippen LogP contribution in [0, 0.1) is 11.6 Å². The maximum atomic E-state index is 13.7. The van der Waals surface area contributed by atoms with Crippen LogP contribution in [0.1, 0.15) is 30.7 Å². The molecule has 4 heteroatoms. The Morgan fingerprint density at radius 1 is 1.25 bits per heavy atom. The van der Waals surface area contributed by atoms with Gasteiger partial charge in [0.25, 0.3) is 0 Å². The molecular weight excluding hydrogens is 258 g/mol. The highest BCUT2D eigenvalue weighted by Crippen LogP contribution is 2.35. The highest BCUT2D eigenvalue weighted by Gasteiger charge is 2.31. The predicted molar refractivity (Wildman–Crippen MR) is 74.9 cm³/mol. The molecule has 1 aromatic carbocycles. The van der Waals surface area contributed by atoms with E-state index in [9.17, 15) is 8.78 Å². The Labute approximate surface area is 116 Å². The van der Waals surface area contributed by atoms with Crippen molar-refractivity contribution in [2.75, 3.05) is 11.9 Å². The van der Waals surface area contributed by atoms with Crippen LogP contribution in [0.3, 0.4) is 0 Å². The number of aromatic nitrogens is 1. The summed E-state index contributed by atoms with van der Waals surface area (Å²) in [6.45, 7) is 5.12. The van der Waals surface area contributed by atoms with E-state index < -0.39 is 11.6 Å². The molecule has 1 aliphatic rings. The van der Waals surface area contributed by atoms with Gasteiger partial charge in [-0.15, -0.1) is 0 Å². The third-order valence-electron chi connectivity index (χ3n) is 3.72. The van der Waals surface area contributed by atoms with Gasteiger partial charge in [0.1, 0.15) is 11.6 Å². The lowest BCUT2D eigenvalue weighted by Gasteiger charge is -2.15. The van der Waals surface area contributed by atoms with Crippen LogP contribution in [0.25, 0.3) is 0 Å². The summed E-state index contributed by atoms with van der Waals surface area (Å²) in [7, 11) is 0. The number of nitrogens with one attached hydrogen (secondary N) is 1. The SMILES string of the molecule is CC1(C)CNc2cc(Cc3ccc(F)cc3F)cnc21. The Balaban J connectivity index is 1.89. The molecule has 0 radical (unpaired) electrons. The predicted octanol–water partition coefficient (Wildman–Crippen LogP) is 3.65. The summed E-state index contributed by atoms with van der Waals surface area (Å²) in [4.78, 5) is 4.50. The largest absolute Gasteiger partial charge is 0.383 e. The van der Waals surface area contributed by atoms with Crippen molar-refractivity contribution in [3.05, 3.63) is 58.9 Å². The molecule has 3 rings (SSSR count). The first-order valence-corrected chi connectivity index (χ1v) is 6.63. The number of halogens is 2. The summed E-state index contributed by atoms with van der Waals surface area (Å²) in [5.74, 6) is -1.07. The zero-order valence-corrected chi connectivity index (χ0v) is 11.5. The maximum Gasteiger partial charge on any atom is 0.129 e. The van der Waals surface area contributed by atoms with Gasteiger partial charge in [-0.25, -0.2) is 8.78 Å². The first-order chi connectivity index (χ1) is 9.45. The van der Waals surface area contributed by atoms with Crippen LogP contribution < -0.4 is 5.32 Å². The fourth-order valence-electron chi connectivity index (χ4n) is 2.56. The summed E-state index contributed by atoms with van der Waals surface area (Å²) < 4.78 is 26.5. The van der Waals surface area contributed by atoms with Crippen LogP contribution in [0.2, 0.25) is 0 Å². The third-order valence-corrected chi connectivity index (χ3v) is 3.72. The van der Waals surface area contributed by atoms with E-state index in [0.29, 0.717) is 12.0 Å². The fourth-order valence-corrected chi connectivity index (χ4v) is 2.56. The first-order valence-electron chi connectivity index (χ1n) is 6.63. The molecule has 2 heterocycles. The summed E-state index contributed by atoms with van der Waals surface area (Å²) in [5.41, 5.74) is 3.47. The van der Waals surface area contributed by atoms with Gasteiger partial charge in [0.2, 0.25) is 0 Å². The molecule has 1 N–H and O–H groups in total. The summed E-state index contributed by atoms with van der Waals surface area (Å²) >= 11 is 0. The Hall–Kier alpha value is -1.97. The van der Waals surface area contributed by atoms with Crippen LogP contribution in [-0.2, 0) is 11.8 Å². The molecular formula is C16H16F2N2. The minimum atomic E-state index is -0.554. The molecule has 0 aliphatic carbocycles. The maximum absolute atomic E-state index is 13.7. The van der Waals surface area contributed by atoms with Crippen molar-refractivity contribution < 1.29 is 8.78 Å². The lowest BCUT2D eigenvalue weighted by atomic mass is 9.91. The fraction of sp³-hybridized carbons (Fsp3) is 0.312. The molecule has 0 spiro atoms. The van der Waals surface area contributed by atoms with Crippen LogP contribution >= 0.6 is 0 Å². The van der Waals surface area contributed by atoms with Crippen molar-refractivity contribution in [1.82, 2.24) is 4.98 Å². The number of pyridine rings is 1. The molecule has 1 aromatic heterocycles. The number of hydrogen-bond acceptors (Lipinski definition) is 2. The molecule has 2 nitrogen and oxygen atoms in total. The van der Waals surface area contributed by atoms with E-state index >= 15 is 0 Å².